The van der Waals surface area contributed by atoms with Crippen molar-refractivity contribution in [2.75, 3.05) is 6.61 Å². The largest absolute Gasteiger partial charge is 0.458 e. The van der Waals surface area contributed by atoms with Gasteiger partial charge in [-0.1, -0.05) is 38.5 Å². The van der Waals surface area contributed by atoms with Crippen molar-refractivity contribution in [1.29, 1.82) is 0 Å². The van der Waals surface area contributed by atoms with Gasteiger partial charge in [0.25, 0.3) is 0 Å². The van der Waals surface area contributed by atoms with E-state index in [4.69, 9.17) is 16.3 Å². The van der Waals surface area contributed by atoms with Gasteiger partial charge in [-0.3, -0.25) is 14.4 Å². The third kappa shape index (κ3) is 3.55. The second-order valence-electron chi connectivity index (χ2n) is 10.4. The summed E-state index contributed by atoms with van der Waals surface area (Å²) in [6.07, 6.45) is 11.4. The summed E-state index contributed by atoms with van der Waals surface area (Å²) in [5.74, 6) is 0.534. The highest BCUT2D eigenvalue weighted by atomic mass is 35.5. The molecule has 0 aromatic rings. The molecule has 0 aromatic heterocycles. The highest BCUT2D eigenvalue weighted by Gasteiger charge is 2.60. The second-order valence-corrected chi connectivity index (χ2v) is 10.9. The van der Waals surface area contributed by atoms with Gasteiger partial charge in [0.1, 0.15) is 6.61 Å². The lowest BCUT2D eigenvalue weighted by molar-refractivity contribution is -0.150. The number of fused-ring (bicyclic) bond motifs is 5. The molecule has 0 bridgehead atoms. The lowest BCUT2D eigenvalue weighted by Crippen LogP contribution is -2.47. The average molecular weight is 445 g/mol. The minimum atomic E-state index is -0.314. The summed E-state index contributed by atoms with van der Waals surface area (Å²) in [7, 11) is 0. The predicted molar refractivity (Wildman–Crippen MR) is 121 cm³/mol. The first-order chi connectivity index (χ1) is 14.6. The molecule has 2 saturated carbocycles. The molecule has 0 saturated heterocycles. The van der Waals surface area contributed by atoms with Gasteiger partial charge in [-0.15, -0.1) is 11.6 Å². The van der Waals surface area contributed by atoms with Crippen molar-refractivity contribution in [2.45, 2.75) is 65.2 Å². The van der Waals surface area contributed by atoms with Crippen LogP contribution in [-0.4, -0.2) is 29.5 Å². The van der Waals surface area contributed by atoms with Gasteiger partial charge in [0.05, 0.1) is 5.38 Å². The molecule has 0 aromatic carbocycles. The first-order valence-electron chi connectivity index (χ1n) is 11.6. The van der Waals surface area contributed by atoms with E-state index in [1.165, 1.54) is 5.57 Å². The maximum atomic E-state index is 13.2. The van der Waals surface area contributed by atoms with Crippen LogP contribution in [0, 0.1) is 34.5 Å². The van der Waals surface area contributed by atoms with Crippen molar-refractivity contribution in [3.63, 3.8) is 0 Å². The van der Waals surface area contributed by atoms with Crippen LogP contribution in [0.3, 0.4) is 0 Å². The van der Waals surface area contributed by atoms with Crippen LogP contribution in [0.5, 0.6) is 0 Å². The van der Waals surface area contributed by atoms with E-state index in [1.54, 1.807) is 12.2 Å². The lowest BCUT2D eigenvalue weighted by Gasteiger charge is -2.53. The van der Waals surface area contributed by atoms with Crippen molar-refractivity contribution >= 4 is 29.1 Å². The Labute approximate surface area is 190 Å². The number of allylic oxidation sites excluding steroid dienone is 6. The summed E-state index contributed by atoms with van der Waals surface area (Å²) in [4.78, 5) is 37.0. The van der Waals surface area contributed by atoms with Gasteiger partial charge in [-0.05, 0) is 73.5 Å². The molecular weight excluding hydrogens is 412 g/mol. The molecule has 0 heterocycles. The summed E-state index contributed by atoms with van der Waals surface area (Å²) >= 11 is 6.84. The summed E-state index contributed by atoms with van der Waals surface area (Å²) in [5, 5.41) is -0.177. The van der Waals surface area contributed by atoms with Crippen LogP contribution in [0.25, 0.3) is 0 Å². The fourth-order valence-electron chi connectivity index (χ4n) is 7.10. The van der Waals surface area contributed by atoms with E-state index < -0.39 is 0 Å². The van der Waals surface area contributed by atoms with Gasteiger partial charge in [-0.2, -0.15) is 0 Å². The normalized spacial score (nSPS) is 40.9. The maximum Gasteiger partial charge on any atom is 0.306 e. The standard InChI is InChI=1S/C26H33ClO4/c1-5-6-23(30)31-14-22(29)24-15(2)11-19-17-13-21(27)20-12-16(28)7-9-25(20,3)18(17)8-10-26(19,24)4/h7-9,12,15,17,19,21,24H,5-6,10-11,13-14H2,1-4H3/t15-,17-,19+,21+,24-,25-,26+/m1/s1. The molecule has 0 unspecified atom stereocenters. The highest BCUT2D eigenvalue weighted by molar-refractivity contribution is 6.23. The Kier molecular flexibility index (Phi) is 5.83. The zero-order valence-electron chi connectivity index (χ0n) is 18.9. The van der Waals surface area contributed by atoms with Gasteiger partial charge in [0, 0.05) is 17.8 Å². The van der Waals surface area contributed by atoms with E-state index in [1.807, 2.05) is 13.0 Å². The molecule has 5 heteroatoms. The molecular formula is C26H33ClO4. The molecule has 4 rings (SSSR count). The number of Topliss-reactive ketones (excluding diaryl/α,β-unsaturated/α-hetero) is 1. The lowest BCUT2D eigenvalue weighted by atomic mass is 9.52. The molecule has 4 nitrogen and oxygen atoms in total. The van der Waals surface area contributed by atoms with Crippen LogP contribution >= 0.6 is 11.6 Å². The van der Waals surface area contributed by atoms with Crippen LogP contribution in [-0.2, 0) is 19.1 Å². The van der Waals surface area contributed by atoms with E-state index in [0.717, 1.165) is 31.3 Å². The maximum absolute atomic E-state index is 13.2. The van der Waals surface area contributed by atoms with E-state index in [0.29, 0.717) is 18.3 Å². The van der Waals surface area contributed by atoms with Crippen LogP contribution in [0.15, 0.2) is 35.5 Å². The third-order valence-electron chi connectivity index (χ3n) is 8.45. The number of hydrogen-bond donors (Lipinski definition) is 0. The average Bonchev–Trinajstić information content (AvgIpc) is 2.98. The summed E-state index contributed by atoms with van der Waals surface area (Å²) in [6.45, 7) is 8.37. The molecule has 168 valence electrons. The summed E-state index contributed by atoms with van der Waals surface area (Å²) in [5.41, 5.74) is 1.89. The smallest absolute Gasteiger partial charge is 0.306 e. The van der Waals surface area contributed by atoms with Gasteiger partial charge in [-0.25, -0.2) is 0 Å². The molecule has 0 amide bonds. The summed E-state index contributed by atoms with van der Waals surface area (Å²) in [6, 6.07) is 0. The van der Waals surface area contributed by atoms with Crippen molar-refractivity contribution in [3.05, 3.63) is 35.5 Å². The summed E-state index contributed by atoms with van der Waals surface area (Å²) < 4.78 is 5.28. The number of hydrogen-bond acceptors (Lipinski definition) is 4. The van der Waals surface area contributed by atoms with Crippen LogP contribution in [0.2, 0.25) is 0 Å². The van der Waals surface area contributed by atoms with E-state index in [-0.39, 0.29) is 52.2 Å². The molecule has 0 N–H and O–H groups in total. The molecule has 0 radical (unpaired) electrons. The van der Waals surface area contributed by atoms with Crippen molar-refractivity contribution in [2.24, 2.45) is 34.5 Å². The number of carbonyl (C=O) groups is 3. The zero-order valence-corrected chi connectivity index (χ0v) is 19.7. The molecule has 7 atom stereocenters. The number of ketones is 2. The molecule has 4 aliphatic rings. The second kappa shape index (κ2) is 8.03. The van der Waals surface area contributed by atoms with E-state index in [9.17, 15) is 14.4 Å². The fraction of sp³-hybridized carbons (Fsp3) is 0.654. The van der Waals surface area contributed by atoms with E-state index in [2.05, 4.69) is 26.8 Å². The monoisotopic (exact) mass is 444 g/mol. The Morgan fingerprint density at radius 1 is 1.23 bits per heavy atom. The number of carbonyl (C=O) groups excluding carboxylic acids is 3. The van der Waals surface area contributed by atoms with Gasteiger partial charge >= 0.3 is 5.97 Å². The van der Waals surface area contributed by atoms with Crippen molar-refractivity contribution in [1.82, 2.24) is 0 Å². The van der Waals surface area contributed by atoms with Gasteiger partial charge in [0.2, 0.25) is 0 Å². The van der Waals surface area contributed by atoms with Crippen molar-refractivity contribution < 1.29 is 19.1 Å². The Morgan fingerprint density at radius 3 is 2.68 bits per heavy atom. The van der Waals surface area contributed by atoms with Crippen LogP contribution in [0.4, 0.5) is 0 Å². The fourth-order valence-corrected chi connectivity index (χ4v) is 7.58. The number of halogens is 1. The Morgan fingerprint density at radius 2 is 1.97 bits per heavy atom. The third-order valence-corrected chi connectivity index (χ3v) is 8.87. The zero-order chi connectivity index (χ0) is 22.6. The highest BCUT2D eigenvalue weighted by Crippen LogP contribution is 2.65. The minimum Gasteiger partial charge on any atom is -0.458 e. The first kappa shape index (κ1) is 22.5. The number of alkyl halides is 1. The van der Waals surface area contributed by atoms with Crippen molar-refractivity contribution in [3.8, 4) is 0 Å². The van der Waals surface area contributed by atoms with E-state index >= 15 is 0 Å². The SMILES string of the molecule is CCCC(=O)OCC(=O)[C@H]1[C@H](C)C[C@H]2[C@@H]3C[C@H](Cl)C4=CC(=O)C=C[C@]4(C)C3=CC[C@@]21C. The van der Waals surface area contributed by atoms with Gasteiger partial charge in [0.15, 0.2) is 11.6 Å². The number of ether oxygens (including phenoxy) is 1. The van der Waals surface area contributed by atoms with Crippen LogP contribution < -0.4 is 0 Å². The Bertz CT molecular complexity index is 899. The molecule has 0 spiro atoms. The topological polar surface area (TPSA) is 60.4 Å². The molecule has 2 fully saturated rings. The quantitative estimate of drug-likeness (QED) is 0.332. The first-order valence-corrected chi connectivity index (χ1v) is 12.0. The number of esters is 1. The number of rotatable bonds is 5. The van der Waals surface area contributed by atoms with Crippen LogP contribution in [0.1, 0.15) is 59.8 Å². The molecule has 0 aliphatic heterocycles. The Balaban J connectivity index is 1.62. The molecule has 4 aliphatic carbocycles. The minimum absolute atomic E-state index is 0.00981. The van der Waals surface area contributed by atoms with Gasteiger partial charge < -0.3 is 4.74 Å². The predicted octanol–water partition coefficient (Wildman–Crippen LogP) is 5.21. The Hall–Kier alpha value is -1.68. The molecule has 31 heavy (non-hydrogen) atoms.